The van der Waals surface area contributed by atoms with Crippen LogP contribution >= 0.6 is 0 Å². The lowest BCUT2D eigenvalue weighted by atomic mass is 9.81. The van der Waals surface area contributed by atoms with Gasteiger partial charge in [-0.2, -0.15) is 0 Å². The summed E-state index contributed by atoms with van der Waals surface area (Å²) in [6, 6.07) is 9.70. The fraction of sp³-hybridized carbons (Fsp3) is 0.300. The maximum Gasteiger partial charge on any atom is 0.147 e. The summed E-state index contributed by atoms with van der Waals surface area (Å²) >= 11 is 0. The Hall–Kier alpha value is -2.82. The van der Waals surface area contributed by atoms with E-state index in [1.165, 1.54) is 0 Å². The first-order valence-electron chi connectivity index (χ1n) is 8.43. The van der Waals surface area contributed by atoms with Crippen LogP contribution in [0.3, 0.4) is 0 Å². The van der Waals surface area contributed by atoms with Gasteiger partial charge in [0, 0.05) is 11.0 Å². The van der Waals surface area contributed by atoms with Crippen molar-refractivity contribution in [3.05, 3.63) is 65.8 Å². The van der Waals surface area contributed by atoms with E-state index in [4.69, 9.17) is 10.7 Å². The Labute approximate surface area is 148 Å². The zero-order valence-electron chi connectivity index (χ0n) is 14.8. The second-order valence-corrected chi connectivity index (χ2v) is 7.01. The van der Waals surface area contributed by atoms with Gasteiger partial charge in [-0.05, 0) is 19.4 Å². The SMILES string of the molecule is CC(NC1=C(O)C=CCC1(C)C)c1nc(-c2ccccc2)cnc1N. The van der Waals surface area contributed by atoms with Crippen molar-refractivity contribution < 1.29 is 5.11 Å². The normalized spacial score (nSPS) is 17.4. The van der Waals surface area contributed by atoms with Crippen molar-refractivity contribution in [1.82, 2.24) is 15.3 Å². The highest BCUT2D eigenvalue weighted by molar-refractivity contribution is 5.59. The molecule has 5 heteroatoms. The number of aliphatic hydroxyl groups excluding tert-OH is 1. The molecule has 1 atom stereocenters. The molecule has 0 bridgehead atoms. The predicted molar refractivity (Wildman–Crippen MR) is 101 cm³/mol. The molecule has 1 aromatic heterocycles. The molecule has 0 saturated heterocycles. The third-order valence-electron chi connectivity index (χ3n) is 4.51. The zero-order valence-corrected chi connectivity index (χ0v) is 14.8. The van der Waals surface area contributed by atoms with E-state index in [-0.39, 0.29) is 17.2 Å². The summed E-state index contributed by atoms with van der Waals surface area (Å²) in [7, 11) is 0. The second kappa shape index (κ2) is 6.59. The smallest absolute Gasteiger partial charge is 0.147 e. The molecule has 5 nitrogen and oxygen atoms in total. The highest BCUT2D eigenvalue weighted by Gasteiger charge is 2.29. The van der Waals surface area contributed by atoms with Crippen LogP contribution in [0.4, 0.5) is 5.82 Å². The first-order valence-corrected chi connectivity index (χ1v) is 8.43. The van der Waals surface area contributed by atoms with Crippen LogP contribution in [0.5, 0.6) is 0 Å². The van der Waals surface area contributed by atoms with E-state index < -0.39 is 0 Å². The molecule has 1 aromatic carbocycles. The van der Waals surface area contributed by atoms with E-state index in [1.807, 2.05) is 43.3 Å². The van der Waals surface area contributed by atoms with Gasteiger partial charge in [0.2, 0.25) is 0 Å². The molecule has 25 heavy (non-hydrogen) atoms. The van der Waals surface area contributed by atoms with Crippen LogP contribution in [0.25, 0.3) is 11.3 Å². The van der Waals surface area contributed by atoms with E-state index in [2.05, 4.69) is 24.1 Å². The molecule has 1 aliphatic rings. The van der Waals surface area contributed by atoms with Gasteiger partial charge in [-0.25, -0.2) is 9.97 Å². The highest BCUT2D eigenvalue weighted by Crippen LogP contribution is 2.36. The zero-order chi connectivity index (χ0) is 18.0. The number of allylic oxidation sites excluding steroid dienone is 3. The minimum absolute atomic E-state index is 0.174. The summed E-state index contributed by atoms with van der Waals surface area (Å²) in [5.74, 6) is 0.651. The molecule has 0 spiro atoms. The number of aromatic nitrogens is 2. The first-order chi connectivity index (χ1) is 11.9. The second-order valence-electron chi connectivity index (χ2n) is 7.01. The summed E-state index contributed by atoms with van der Waals surface area (Å²) in [4.78, 5) is 9.02. The average Bonchev–Trinajstić information content (AvgIpc) is 2.59. The van der Waals surface area contributed by atoms with Gasteiger partial charge in [-0.15, -0.1) is 0 Å². The van der Waals surface area contributed by atoms with Gasteiger partial charge in [-0.1, -0.05) is 50.3 Å². The molecule has 1 heterocycles. The van der Waals surface area contributed by atoms with Gasteiger partial charge >= 0.3 is 0 Å². The highest BCUT2D eigenvalue weighted by atomic mass is 16.3. The third-order valence-corrected chi connectivity index (χ3v) is 4.51. The fourth-order valence-corrected chi connectivity index (χ4v) is 3.03. The first kappa shape index (κ1) is 17.0. The molecular weight excluding hydrogens is 312 g/mol. The summed E-state index contributed by atoms with van der Waals surface area (Å²) in [6.07, 6.45) is 6.26. The van der Waals surface area contributed by atoms with Crippen molar-refractivity contribution in [2.45, 2.75) is 33.2 Å². The minimum atomic E-state index is -0.181. The van der Waals surface area contributed by atoms with Crippen LogP contribution < -0.4 is 11.1 Å². The lowest BCUT2D eigenvalue weighted by molar-refractivity contribution is 0.332. The number of benzene rings is 1. The predicted octanol–water partition coefficient (Wildman–Crippen LogP) is 4.13. The molecular formula is C20H24N4O. The van der Waals surface area contributed by atoms with E-state index >= 15 is 0 Å². The van der Waals surface area contributed by atoms with Crippen LogP contribution in [0.15, 0.2) is 60.1 Å². The molecule has 1 unspecified atom stereocenters. The molecule has 4 N–H and O–H groups in total. The van der Waals surface area contributed by atoms with Crippen LogP contribution in [-0.2, 0) is 0 Å². The number of nitrogens with zero attached hydrogens (tertiary/aromatic N) is 2. The molecule has 0 fully saturated rings. The Morgan fingerprint density at radius 3 is 2.64 bits per heavy atom. The number of nitrogens with one attached hydrogen (secondary N) is 1. The van der Waals surface area contributed by atoms with Gasteiger partial charge < -0.3 is 16.2 Å². The van der Waals surface area contributed by atoms with E-state index in [0.717, 1.165) is 23.4 Å². The van der Waals surface area contributed by atoms with Gasteiger partial charge in [0.05, 0.1) is 23.6 Å². The number of hydrogen-bond acceptors (Lipinski definition) is 5. The van der Waals surface area contributed by atoms with Crippen molar-refractivity contribution in [1.29, 1.82) is 0 Å². The standard InChI is InChI=1S/C20H24N4O/c1-13(23-18-16(25)10-7-11-20(18,2)3)17-19(21)22-12-15(24-17)14-8-5-4-6-9-14/h4-10,12-13,23,25H,11H2,1-3H3,(H2,21,22). The Balaban J connectivity index is 1.92. The number of rotatable bonds is 4. The molecule has 0 aliphatic heterocycles. The van der Waals surface area contributed by atoms with E-state index in [1.54, 1.807) is 12.3 Å². The summed E-state index contributed by atoms with van der Waals surface area (Å²) < 4.78 is 0. The maximum absolute atomic E-state index is 10.3. The minimum Gasteiger partial charge on any atom is -0.506 e. The van der Waals surface area contributed by atoms with Crippen LogP contribution in [0.2, 0.25) is 0 Å². The fourth-order valence-electron chi connectivity index (χ4n) is 3.03. The molecule has 0 amide bonds. The molecule has 0 radical (unpaired) electrons. The lowest BCUT2D eigenvalue weighted by Gasteiger charge is -2.33. The largest absolute Gasteiger partial charge is 0.506 e. The van der Waals surface area contributed by atoms with E-state index in [9.17, 15) is 5.11 Å². The lowest BCUT2D eigenvalue weighted by Crippen LogP contribution is -2.32. The monoisotopic (exact) mass is 336 g/mol. The molecule has 3 rings (SSSR count). The third kappa shape index (κ3) is 3.50. The number of nitrogen functional groups attached to an aromatic ring is 1. The quantitative estimate of drug-likeness (QED) is 0.782. The van der Waals surface area contributed by atoms with Gasteiger partial charge in [0.1, 0.15) is 17.3 Å². The average molecular weight is 336 g/mol. The van der Waals surface area contributed by atoms with Crippen molar-refractivity contribution in [2.24, 2.45) is 5.41 Å². The van der Waals surface area contributed by atoms with E-state index in [0.29, 0.717) is 11.5 Å². The van der Waals surface area contributed by atoms with Crippen molar-refractivity contribution in [3.63, 3.8) is 0 Å². The number of nitrogens with two attached hydrogens (primary N) is 1. The molecule has 0 saturated carbocycles. The maximum atomic E-state index is 10.3. The molecule has 130 valence electrons. The number of aliphatic hydroxyl groups is 1. The Morgan fingerprint density at radius 1 is 1.24 bits per heavy atom. The Kier molecular flexibility index (Phi) is 4.49. The number of anilines is 1. The molecule has 1 aliphatic carbocycles. The summed E-state index contributed by atoms with van der Waals surface area (Å²) in [5.41, 5.74) is 9.14. The van der Waals surface area contributed by atoms with Crippen molar-refractivity contribution in [3.8, 4) is 11.3 Å². The summed E-state index contributed by atoms with van der Waals surface area (Å²) in [5, 5.41) is 13.7. The van der Waals surface area contributed by atoms with Crippen LogP contribution in [-0.4, -0.2) is 15.1 Å². The van der Waals surface area contributed by atoms with Gasteiger partial charge in [-0.3, -0.25) is 0 Å². The number of hydrogen-bond donors (Lipinski definition) is 3. The van der Waals surface area contributed by atoms with Gasteiger partial charge in [0.15, 0.2) is 0 Å². The van der Waals surface area contributed by atoms with Crippen LogP contribution in [0, 0.1) is 5.41 Å². The topological polar surface area (TPSA) is 84.1 Å². The van der Waals surface area contributed by atoms with Crippen molar-refractivity contribution >= 4 is 5.82 Å². The summed E-state index contributed by atoms with van der Waals surface area (Å²) in [6.45, 7) is 6.16. The van der Waals surface area contributed by atoms with Gasteiger partial charge in [0.25, 0.3) is 0 Å². The Bertz CT molecular complexity index is 825. The van der Waals surface area contributed by atoms with Crippen molar-refractivity contribution in [2.75, 3.05) is 5.73 Å². The molecule has 2 aromatic rings. The Morgan fingerprint density at radius 2 is 1.96 bits per heavy atom. The van der Waals surface area contributed by atoms with Crippen LogP contribution in [0.1, 0.15) is 38.9 Å².